The summed E-state index contributed by atoms with van der Waals surface area (Å²) in [6, 6.07) is 0. The molecule has 0 spiro atoms. The van der Waals surface area contributed by atoms with Crippen LogP contribution in [0.3, 0.4) is 0 Å². The summed E-state index contributed by atoms with van der Waals surface area (Å²) in [6.07, 6.45) is 5.43. The van der Waals surface area contributed by atoms with Gasteiger partial charge in [0.1, 0.15) is 6.54 Å². The van der Waals surface area contributed by atoms with E-state index in [1.807, 2.05) is 0 Å². The van der Waals surface area contributed by atoms with Crippen molar-refractivity contribution >= 4 is 40.8 Å². The zero-order valence-corrected chi connectivity index (χ0v) is 15.3. The minimum atomic E-state index is -0.649. The number of methoxy groups -OCH3 is 1. The van der Waals surface area contributed by atoms with Gasteiger partial charge in [0.05, 0.1) is 24.3 Å². The second-order valence-electron chi connectivity index (χ2n) is 6.20. The average molecular weight is 363 g/mol. The van der Waals surface area contributed by atoms with Gasteiger partial charge >= 0.3 is 5.97 Å². The van der Waals surface area contributed by atoms with Crippen LogP contribution < -0.4 is 5.32 Å². The highest BCUT2D eigenvalue weighted by atomic mass is 32.1. The van der Waals surface area contributed by atoms with E-state index in [4.69, 9.17) is 12.2 Å². The Morgan fingerprint density at radius 1 is 1.44 bits per heavy atom. The molecule has 0 bridgehead atoms. The minimum absolute atomic E-state index is 0.0195. The van der Waals surface area contributed by atoms with Crippen molar-refractivity contribution in [1.82, 2.24) is 10.2 Å². The maximum Gasteiger partial charge on any atom is 0.337 e. The predicted molar refractivity (Wildman–Crippen MR) is 96.9 cm³/mol. The van der Waals surface area contributed by atoms with E-state index >= 15 is 0 Å². The summed E-state index contributed by atoms with van der Waals surface area (Å²) in [5, 5.41) is 2.79. The number of fused-ring (bicyclic) bond motifs is 1. The fraction of sp³-hybridized carbons (Fsp3) is 0.471. The number of amides is 2. The Bertz CT molecular complexity index is 694. The minimum Gasteiger partial charge on any atom is -0.465 e. The molecule has 0 aromatic carbocycles. The van der Waals surface area contributed by atoms with Gasteiger partial charge in [-0.3, -0.25) is 14.5 Å². The van der Waals surface area contributed by atoms with Crippen molar-refractivity contribution in [2.24, 2.45) is 16.8 Å². The molecule has 7 nitrogen and oxygen atoms in total. The second-order valence-corrected chi connectivity index (χ2v) is 6.57. The largest absolute Gasteiger partial charge is 0.465 e. The molecule has 1 aliphatic carbocycles. The number of hydrogen-bond acceptors (Lipinski definition) is 5. The number of ether oxygens (including phenoxy) is 1. The average Bonchev–Trinajstić information content (AvgIpc) is 2.57. The molecule has 1 unspecified atom stereocenters. The Morgan fingerprint density at radius 2 is 2.16 bits per heavy atom. The number of aliphatic imine (C=N–C) groups is 1. The third kappa shape index (κ3) is 4.60. The molecule has 1 N–H and O–H groups in total. The smallest absolute Gasteiger partial charge is 0.337 e. The molecule has 1 aliphatic heterocycles. The number of nitrogens with zero attached hydrogens (tertiary/aromatic N) is 2. The van der Waals surface area contributed by atoms with E-state index in [-0.39, 0.29) is 23.5 Å². The van der Waals surface area contributed by atoms with E-state index in [1.54, 1.807) is 6.08 Å². The van der Waals surface area contributed by atoms with Gasteiger partial charge in [0.2, 0.25) is 16.9 Å². The van der Waals surface area contributed by atoms with Gasteiger partial charge in [-0.15, -0.1) is 0 Å². The summed E-state index contributed by atoms with van der Waals surface area (Å²) < 4.78 is 4.66. The van der Waals surface area contributed by atoms with Gasteiger partial charge in [0.15, 0.2) is 0 Å². The topological polar surface area (TPSA) is 88.1 Å². The molecule has 0 saturated heterocycles. The maximum atomic E-state index is 12.6. The van der Waals surface area contributed by atoms with Gasteiger partial charge in [-0.2, -0.15) is 0 Å². The first-order valence-electron chi connectivity index (χ1n) is 8.02. The number of rotatable bonds is 6. The van der Waals surface area contributed by atoms with Crippen LogP contribution in [0.4, 0.5) is 0 Å². The van der Waals surface area contributed by atoms with Gasteiger partial charge in [-0.25, -0.2) is 9.79 Å². The van der Waals surface area contributed by atoms with Crippen LogP contribution in [0, 0.1) is 11.8 Å². The lowest BCUT2D eigenvalue weighted by Crippen LogP contribution is -2.50. The summed E-state index contributed by atoms with van der Waals surface area (Å²) in [5.41, 5.74) is 0.683. The summed E-state index contributed by atoms with van der Waals surface area (Å²) in [4.78, 5) is 41.6. The SMILES string of the molecule is COC(=O)C1=CC2=NC(=S)N(CC(=O)NCCC(C)C)C(=O)C2C=C1. The molecule has 1 heterocycles. The normalized spacial score (nSPS) is 19.4. The van der Waals surface area contributed by atoms with E-state index < -0.39 is 11.9 Å². The van der Waals surface area contributed by atoms with Gasteiger partial charge in [0, 0.05) is 6.54 Å². The maximum absolute atomic E-state index is 12.6. The van der Waals surface area contributed by atoms with Crippen molar-refractivity contribution in [2.45, 2.75) is 20.3 Å². The zero-order valence-electron chi connectivity index (χ0n) is 14.4. The van der Waals surface area contributed by atoms with Crippen LogP contribution in [0.15, 0.2) is 28.8 Å². The second kappa shape index (κ2) is 8.15. The van der Waals surface area contributed by atoms with Crippen molar-refractivity contribution < 1.29 is 19.1 Å². The molecular weight excluding hydrogens is 342 g/mol. The van der Waals surface area contributed by atoms with E-state index in [2.05, 4.69) is 28.9 Å². The number of carbonyl (C=O) groups excluding carboxylic acids is 3. The predicted octanol–water partition coefficient (Wildman–Crippen LogP) is 1.00. The Kier molecular flexibility index (Phi) is 6.19. The molecule has 2 rings (SSSR count). The molecule has 0 fully saturated rings. The first-order valence-corrected chi connectivity index (χ1v) is 8.43. The summed E-state index contributed by atoms with van der Waals surface area (Å²) in [5.74, 6) is -1.29. The number of thiocarbonyl (C=S) groups is 1. The van der Waals surface area contributed by atoms with Gasteiger partial charge < -0.3 is 10.1 Å². The third-order valence-electron chi connectivity index (χ3n) is 3.84. The van der Waals surface area contributed by atoms with Crippen molar-refractivity contribution in [3.8, 4) is 0 Å². The molecule has 0 radical (unpaired) electrons. The fourth-order valence-corrected chi connectivity index (χ4v) is 2.69. The highest BCUT2D eigenvalue weighted by Crippen LogP contribution is 2.22. The van der Waals surface area contributed by atoms with Crippen LogP contribution in [-0.2, 0) is 19.1 Å². The molecule has 8 heteroatoms. The fourth-order valence-electron chi connectivity index (χ4n) is 2.43. The van der Waals surface area contributed by atoms with Crippen molar-refractivity contribution in [3.63, 3.8) is 0 Å². The molecule has 2 amide bonds. The standard InChI is InChI=1S/C17H21N3O4S/c1-10(2)6-7-18-14(21)9-20-15(22)12-5-4-11(16(23)24-3)8-13(12)19-17(20)25/h4-5,8,10,12H,6-7,9H2,1-3H3,(H,18,21). The van der Waals surface area contributed by atoms with Gasteiger partial charge in [-0.05, 0) is 30.6 Å². The van der Waals surface area contributed by atoms with Crippen LogP contribution in [-0.4, -0.2) is 53.7 Å². The highest BCUT2D eigenvalue weighted by molar-refractivity contribution is 7.80. The van der Waals surface area contributed by atoms with E-state index in [1.165, 1.54) is 24.2 Å². The first kappa shape index (κ1) is 19.0. The Balaban J connectivity index is 2.07. The summed E-state index contributed by atoms with van der Waals surface area (Å²) in [7, 11) is 1.28. The van der Waals surface area contributed by atoms with Gasteiger partial charge in [-0.1, -0.05) is 26.0 Å². The van der Waals surface area contributed by atoms with Crippen LogP contribution in [0.25, 0.3) is 0 Å². The molecule has 134 valence electrons. The van der Waals surface area contributed by atoms with Crippen LogP contribution in [0.1, 0.15) is 20.3 Å². The number of hydrogen-bond donors (Lipinski definition) is 1. The zero-order chi connectivity index (χ0) is 18.6. The first-order chi connectivity index (χ1) is 11.8. The highest BCUT2D eigenvalue weighted by Gasteiger charge is 2.36. The molecule has 25 heavy (non-hydrogen) atoms. The Hall–Kier alpha value is -2.35. The van der Waals surface area contributed by atoms with Crippen LogP contribution in [0.5, 0.6) is 0 Å². The van der Waals surface area contributed by atoms with Crippen molar-refractivity contribution in [3.05, 3.63) is 23.8 Å². The lowest BCUT2D eigenvalue weighted by atomic mass is 9.92. The van der Waals surface area contributed by atoms with E-state index in [0.29, 0.717) is 23.7 Å². The van der Waals surface area contributed by atoms with Crippen molar-refractivity contribution in [1.29, 1.82) is 0 Å². The summed E-state index contributed by atoms with van der Waals surface area (Å²) >= 11 is 5.15. The van der Waals surface area contributed by atoms with Gasteiger partial charge in [0.25, 0.3) is 0 Å². The molecule has 0 saturated carbocycles. The van der Waals surface area contributed by atoms with Crippen molar-refractivity contribution in [2.75, 3.05) is 20.2 Å². The number of esters is 1. The van der Waals surface area contributed by atoms with Crippen LogP contribution in [0.2, 0.25) is 0 Å². The Labute approximate surface area is 151 Å². The van der Waals surface area contributed by atoms with E-state index in [0.717, 1.165) is 6.42 Å². The van der Waals surface area contributed by atoms with Crippen LogP contribution >= 0.6 is 12.2 Å². The number of carbonyl (C=O) groups is 3. The molecule has 1 atom stereocenters. The number of nitrogens with one attached hydrogen (secondary N) is 1. The molecular formula is C17H21N3O4S. The van der Waals surface area contributed by atoms with E-state index in [9.17, 15) is 14.4 Å². The molecule has 0 aromatic rings. The monoisotopic (exact) mass is 363 g/mol. The number of allylic oxidation sites excluding steroid dienone is 1. The summed E-state index contributed by atoms with van der Waals surface area (Å²) in [6.45, 7) is 4.52. The molecule has 0 aromatic heterocycles. The molecule has 2 aliphatic rings. The lowest BCUT2D eigenvalue weighted by Gasteiger charge is -2.30. The Morgan fingerprint density at radius 3 is 2.80 bits per heavy atom. The third-order valence-corrected chi connectivity index (χ3v) is 4.16. The quantitative estimate of drug-likeness (QED) is 0.562. The lowest BCUT2D eigenvalue weighted by molar-refractivity contribution is -0.135.